The molecule has 1 fully saturated rings. The van der Waals surface area contributed by atoms with E-state index in [9.17, 15) is 14.9 Å². The quantitative estimate of drug-likeness (QED) is 0.618. The number of hydrogen-bond donors (Lipinski definition) is 1. The Morgan fingerprint density at radius 1 is 1.55 bits per heavy atom. The summed E-state index contributed by atoms with van der Waals surface area (Å²) in [5.41, 5.74) is 5.49. The summed E-state index contributed by atoms with van der Waals surface area (Å²) >= 11 is 0. The van der Waals surface area contributed by atoms with E-state index in [1.165, 1.54) is 25.3 Å². The molecule has 120 valence electrons. The molecule has 0 radical (unpaired) electrons. The van der Waals surface area contributed by atoms with E-state index >= 15 is 0 Å². The first-order valence-electron chi connectivity index (χ1n) is 7.01. The van der Waals surface area contributed by atoms with Crippen LogP contribution in [-0.2, 0) is 4.79 Å². The first kappa shape index (κ1) is 16.0. The molecule has 8 heteroatoms. The van der Waals surface area contributed by atoms with E-state index < -0.39 is 4.92 Å². The third-order valence-electron chi connectivity index (χ3n) is 3.68. The SMILES string of the molecule is COc1cc(OCC(=O)N2CCCC2CN)ccc1[N+](=O)[O-]. The lowest BCUT2D eigenvalue weighted by Crippen LogP contribution is -2.42. The number of benzene rings is 1. The Kier molecular flexibility index (Phi) is 5.16. The molecule has 1 unspecified atom stereocenters. The van der Waals surface area contributed by atoms with Crippen LogP contribution in [0.15, 0.2) is 18.2 Å². The third kappa shape index (κ3) is 3.45. The van der Waals surface area contributed by atoms with Crippen LogP contribution in [0.4, 0.5) is 5.69 Å². The van der Waals surface area contributed by atoms with Gasteiger partial charge in [0.25, 0.3) is 5.91 Å². The summed E-state index contributed by atoms with van der Waals surface area (Å²) < 4.78 is 10.4. The molecule has 2 rings (SSSR count). The summed E-state index contributed by atoms with van der Waals surface area (Å²) in [6.07, 6.45) is 1.85. The van der Waals surface area contributed by atoms with Gasteiger partial charge in [-0.2, -0.15) is 0 Å². The molecule has 1 atom stereocenters. The van der Waals surface area contributed by atoms with Gasteiger partial charge in [-0.25, -0.2) is 0 Å². The Labute approximate surface area is 127 Å². The number of rotatable bonds is 6. The molecule has 0 spiro atoms. The number of nitro benzene ring substituents is 1. The molecule has 0 saturated carbocycles. The zero-order valence-electron chi connectivity index (χ0n) is 12.4. The van der Waals surface area contributed by atoms with Crippen molar-refractivity contribution in [3.63, 3.8) is 0 Å². The lowest BCUT2D eigenvalue weighted by molar-refractivity contribution is -0.385. The highest BCUT2D eigenvalue weighted by atomic mass is 16.6. The van der Waals surface area contributed by atoms with Crippen molar-refractivity contribution >= 4 is 11.6 Å². The topological polar surface area (TPSA) is 108 Å². The van der Waals surface area contributed by atoms with E-state index in [1.54, 1.807) is 4.90 Å². The number of nitro groups is 1. The highest BCUT2D eigenvalue weighted by Gasteiger charge is 2.27. The fourth-order valence-corrected chi connectivity index (χ4v) is 2.54. The zero-order chi connectivity index (χ0) is 16.1. The Morgan fingerprint density at radius 3 is 2.95 bits per heavy atom. The highest BCUT2D eigenvalue weighted by Crippen LogP contribution is 2.30. The molecular formula is C14H19N3O5. The molecule has 22 heavy (non-hydrogen) atoms. The minimum absolute atomic E-state index is 0.0718. The van der Waals surface area contributed by atoms with Crippen molar-refractivity contribution in [3.05, 3.63) is 28.3 Å². The number of nitrogens with two attached hydrogens (primary N) is 1. The van der Waals surface area contributed by atoms with E-state index in [-0.39, 0.29) is 30.0 Å². The summed E-state index contributed by atoms with van der Waals surface area (Å²) in [6.45, 7) is 1.00. The molecule has 1 saturated heterocycles. The van der Waals surface area contributed by atoms with Crippen molar-refractivity contribution in [2.45, 2.75) is 18.9 Å². The third-order valence-corrected chi connectivity index (χ3v) is 3.68. The number of methoxy groups -OCH3 is 1. The van der Waals surface area contributed by atoms with E-state index in [0.29, 0.717) is 18.8 Å². The largest absolute Gasteiger partial charge is 0.490 e. The predicted octanol–water partition coefficient (Wildman–Crippen LogP) is 0.932. The first-order valence-corrected chi connectivity index (χ1v) is 7.01. The van der Waals surface area contributed by atoms with Crippen molar-refractivity contribution in [1.29, 1.82) is 0 Å². The van der Waals surface area contributed by atoms with Crippen LogP contribution < -0.4 is 15.2 Å². The second kappa shape index (κ2) is 7.08. The highest BCUT2D eigenvalue weighted by molar-refractivity contribution is 5.78. The van der Waals surface area contributed by atoms with Crippen LogP contribution in [-0.4, -0.2) is 48.6 Å². The van der Waals surface area contributed by atoms with Gasteiger partial charge in [-0.05, 0) is 18.9 Å². The summed E-state index contributed by atoms with van der Waals surface area (Å²) in [7, 11) is 1.34. The lowest BCUT2D eigenvalue weighted by atomic mass is 10.2. The van der Waals surface area contributed by atoms with Crippen molar-refractivity contribution in [2.75, 3.05) is 26.8 Å². The van der Waals surface area contributed by atoms with Gasteiger partial charge in [0.1, 0.15) is 5.75 Å². The molecule has 2 N–H and O–H groups in total. The van der Waals surface area contributed by atoms with Crippen LogP contribution in [0.25, 0.3) is 0 Å². The maximum Gasteiger partial charge on any atom is 0.311 e. The van der Waals surface area contributed by atoms with Crippen LogP contribution in [0.1, 0.15) is 12.8 Å². The van der Waals surface area contributed by atoms with Gasteiger partial charge < -0.3 is 20.1 Å². The monoisotopic (exact) mass is 309 g/mol. The number of carbonyl (C=O) groups excluding carboxylic acids is 1. The van der Waals surface area contributed by atoms with Gasteiger partial charge in [0, 0.05) is 31.3 Å². The number of nitrogens with zero attached hydrogens (tertiary/aromatic N) is 2. The second-order valence-corrected chi connectivity index (χ2v) is 5.00. The smallest absolute Gasteiger partial charge is 0.311 e. The number of hydrogen-bond acceptors (Lipinski definition) is 6. The number of likely N-dealkylation sites (tertiary alicyclic amines) is 1. The maximum absolute atomic E-state index is 12.1. The van der Waals surface area contributed by atoms with Crippen molar-refractivity contribution in [2.24, 2.45) is 5.73 Å². The molecule has 8 nitrogen and oxygen atoms in total. The first-order chi connectivity index (χ1) is 10.6. The van der Waals surface area contributed by atoms with Gasteiger partial charge in [-0.1, -0.05) is 0 Å². The molecule has 0 aliphatic carbocycles. The van der Waals surface area contributed by atoms with Crippen LogP contribution in [0, 0.1) is 10.1 Å². The minimum atomic E-state index is -0.538. The van der Waals surface area contributed by atoms with E-state index in [0.717, 1.165) is 12.8 Å². The summed E-state index contributed by atoms with van der Waals surface area (Å²) in [5, 5.41) is 10.8. The van der Waals surface area contributed by atoms with E-state index in [2.05, 4.69) is 0 Å². The van der Waals surface area contributed by atoms with Crippen LogP contribution >= 0.6 is 0 Å². The fourth-order valence-electron chi connectivity index (χ4n) is 2.54. The Balaban J connectivity index is 1.99. The lowest BCUT2D eigenvalue weighted by Gasteiger charge is -2.23. The molecule has 1 amide bonds. The molecule has 1 heterocycles. The van der Waals surface area contributed by atoms with Crippen molar-refractivity contribution in [1.82, 2.24) is 4.90 Å². The van der Waals surface area contributed by atoms with Crippen LogP contribution in [0.2, 0.25) is 0 Å². The van der Waals surface area contributed by atoms with Gasteiger partial charge in [0.15, 0.2) is 6.61 Å². The Bertz CT molecular complexity index is 563. The maximum atomic E-state index is 12.1. The van der Waals surface area contributed by atoms with Gasteiger partial charge in [-0.15, -0.1) is 0 Å². The number of amides is 1. The molecule has 0 aromatic heterocycles. The number of carbonyl (C=O) groups is 1. The summed E-state index contributed by atoms with van der Waals surface area (Å²) in [5.74, 6) is 0.306. The predicted molar refractivity (Wildman–Crippen MR) is 78.9 cm³/mol. The normalized spacial score (nSPS) is 17.4. The average molecular weight is 309 g/mol. The van der Waals surface area contributed by atoms with E-state index in [1.807, 2.05) is 0 Å². The minimum Gasteiger partial charge on any atom is -0.490 e. The van der Waals surface area contributed by atoms with Crippen molar-refractivity contribution < 1.29 is 19.2 Å². The molecule has 1 aliphatic rings. The molecule has 1 aromatic carbocycles. The zero-order valence-corrected chi connectivity index (χ0v) is 12.4. The van der Waals surface area contributed by atoms with Crippen molar-refractivity contribution in [3.8, 4) is 11.5 Å². The fraction of sp³-hybridized carbons (Fsp3) is 0.500. The van der Waals surface area contributed by atoms with Crippen LogP contribution in [0.3, 0.4) is 0 Å². The standard InChI is InChI=1S/C14H19N3O5/c1-21-13-7-11(4-5-12(13)17(19)20)22-9-14(18)16-6-2-3-10(16)8-15/h4-5,7,10H,2-3,6,8-9,15H2,1H3. The summed E-state index contributed by atoms with van der Waals surface area (Å²) in [6, 6.07) is 4.20. The Morgan fingerprint density at radius 2 is 2.32 bits per heavy atom. The van der Waals surface area contributed by atoms with Gasteiger partial charge in [0.2, 0.25) is 5.75 Å². The van der Waals surface area contributed by atoms with Gasteiger partial charge in [0.05, 0.1) is 12.0 Å². The number of ether oxygens (including phenoxy) is 2. The molecule has 1 aliphatic heterocycles. The Hall–Kier alpha value is -2.35. The van der Waals surface area contributed by atoms with Gasteiger partial charge in [-0.3, -0.25) is 14.9 Å². The average Bonchev–Trinajstić information content (AvgIpc) is 3.00. The van der Waals surface area contributed by atoms with Crippen LogP contribution in [0.5, 0.6) is 11.5 Å². The van der Waals surface area contributed by atoms with E-state index in [4.69, 9.17) is 15.2 Å². The molecule has 1 aromatic rings. The molecular weight excluding hydrogens is 290 g/mol. The second-order valence-electron chi connectivity index (χ2n) is 5.00. The summed E-state index contributed by atoms with van der Waals surface area (Å²) in [4.78, 5) is 24.1. The molecule has 0 bridgehead atoms. The van der Waals surface area contributed by atoms with Gasteiger partial charge >= 0.3 is 5.69 Å².